The average molecular weight is 255 g/mol. The van der Waals surface area contributed by atoms with Crippen LogP contribution in [0, 0.1) is 17.8 Å². The second-order valence-electron chi connectivity index (χ2n) is 5.63. The van der Waals surface area contributed by atoms with Gasteiger partial charge in [0.2, 0.25) is 5.91 Å². The second kappa shape index (κ2) is 5.26. The third kappa shape index (κ3) is 2.66. The summed E-state index contributed by atoms with van der Waals surface area (Å²) in [6, 6.07) is 0.0302. The Labute approximate surface area is 107 Å². The number of aliphatic carboxylic acids is 1. The lowest BCUT2D eigenvalue weighted by Gasteiger charge is -2.33. The van der Waals surface area contributed by atoms with Crippen molar-refractivity contribution in [3.8, 4) is 0 Å². The Hall–Kier alpha value is -1.10. The van der Waals surface area contributed by atoms with Crippen LogP contribution in [0.2, 0.25) is 0 Å². The fraction of sp³-hybridized carbons (Fsp3) is 0.846. The number of aliphatic hydroxyl groups excluding tert-OH is 1. The van der Waals surface area contributed by atoms with Crippen LogP contribution in [0.5, 0.6) is 0 Å². The summed E-state index contributed by atoms with van der Waals surface area (Å²) in [6.07, 6.45) is 3.08. The summed E-state index contributed by atoms with van der Waals surface area (Å²) in [4.78, 5) is 23.3. The van der Waals surface area contributed by atoms with Crippen LogP contribution >= 0.6 is 0 Å². The zero-order chi connectivity index (χ0) is 13.3. The van der Waals surface area contributed by atoms with Crippen molar-refractivity contribution in [3.05, 3.63) is 0 Å². The quantitative estimate of drug-likeness (QED) is 0.692. The highest BCUT2D eigenvalue weighted by atomic mass is 16.4. The number of hydrogen-bond acceptors (Lipinski definition) is 3. The van der Waals surface area contributed by atoms with Gasteiger partial charge < -0.3 is 15.5 Å². The fourth-order valence-electron chi connectivity index (χ4n) is 3.05. The zero-order valence-corrected chi connectivity index (χ0v) is 10.6. The molecular formula is C13H21NO4. The number of amides is 1. The average Bonchev–Trinajstić information content (AvgIpc) is 2.71. The highest BCUT2D eigenvalue weighted by Crippen LogP contribution is 2.38. The predicted octanol–water partition coefficient (Wildman–Crippen LogP) is 0.763. The van der Waals surface area contributed by atoms with Crippen molar-refractivity contribution in [2.45, 2.75) is 51.2 Å². The lowest BCUT2D eigenvalue weighted by atomic mass is 9.88. The lowest BCUT2D eigenvalue weighted by molar-refractivity contribution is -0.146. The number of carbonyl (C=O) groups excluding carboxylic acids is 1. The molecule has 0 heterocycles. The molecule has 3 N–H and O–H groups in total. The molecule has 2 rings (SSSR count). The molecule has 1 unspecified atom stereocenters. The van der Waals surface area contributed by atoms with E-state index in [-0.39, 0.29) is 18.1 Å². The third-order valence-corrected chi connectivity index (χ3v) is 4.35. The van der Waals surface area contributed by atoms with Gasteiger partial charge in [0.1, 0.15) is 0 Å². The van der Waals surface area contributed by atoms with Crippen molar-refractivity contribution in [1.29, 1.82) is 0 Å². The molecule has 102 valence electrons. The van der Waals surface area contributed by atoms with E-state index < -0.39 is 17.8 Å². The van der Waals surface area contributed by atoms with Gasteiger partial charge in [-0.1, -0.05) is 13.3 Å². The number of hydrogen-bond donors (Lipinski definition) is 3. The SMILES string of the molecule is CCC1C[C@H](C(=O)NC2CC(O)C2)[C@H](C(=O)O)C1. The van der Waals surface area contributed by atoms with E-state index in [2.05, 4.69) is 5.32 Å². The Bertz CT molecular complexity index is 338. The summed E-state index contributed by atoms with van der Waals surface area (Å²) < 4.78 is 0. The molecular weight excluding hydrogens is 234 g/mol. The zero-order valence-electron chi connectivity index (χ0n) is 10.6. The lowest BCUT2D eigenvalue weighted by Crippen LogP contribution is -2.49. The van der Waals surface area contributed by atoms with Gasteiger partial charge in [0.25, 0.3) is 0 Å². The molecule has 0 bridgehead atoms. The van der Waals surface area contributed by atoms with E-state index in [4.69, 9.17) is 0 Å². The molecule has 0 radical (unpaired) electrons. The monoisotopic (exact) mass is 255 g/mol. The van der Waals surface area contributed by atoms with Gasteiger partial charge in [-0.25, -0.2) is 0 Å². The van der Waals surface area contributed by atoms with E-state index in [1.165, 1.54) is 0 Å². The molecule has 0 aromatic heterocycles. The molecule has 0 aliphatic heterocycles. The van der Waals surface area contributed by atoms with Gasteiger partial charge in [-0.05, 0) is 31.6 Å². The Morgan fingerprint density at radius 1 is 1.17 bits per heavy atom. The number of nitrogens with one attached hydrogen (secondary N) is 1. The van der Waals surface area contributed by atoms with E-state index >= 15 is 0 Å². The molecule has 2 aliphatic carbocycles. The number of carboxylic acids is 1. The summed E-state index contributed by atoms with van der Waals surface area (Å²) in [5.74, 6) is -1.60. The largest absolute Gasteiger partial charge is 0.481 e. The summed E-state index contributed by atoms with van der Waals surface area (Å²) in [5.41, 5.74) is 0. The van der Waals surface area contributed by atoms with E-state index in [9.17, 15) is 19.8 Å². The van der Waals surface area contributed by atoms with Gasteiger partial charge in [0, 0.05) is 6.04 Å². The minimum atomic E-state index is -0.861. The van der Waals surface area contributed by atoms with Gasteiger partial charge in [-0.3, -0.25) is 9.59 Å². The molecule has 0 aromatic rings. The van der Waals surface area contributed by atoms with E-state index in [1.807, 2.05) is 6.92 Å². The van der Waals surface area contributed by atoms with E-state index in [0.717, 1.165) is 6.42 Å². The van der Waals surface area contributed by atoms with Crippen molar-refractivity contribution in [2.75, 3.05) is 0 Å². The highest BCUT2D eigenvalue weighted by molar-refractivity contribution is 5.85. The van der Waals surface area contributed by atoms with Gasteiger partial charge in [0.05, 0.1) is 17.9 Å². The van der Waals surface area contributed by atoms with E-state index in [1.54, 1.807) is 0 Å². The Balaban J connectivity index is 1.92. The van der Waals surface area contributed by atoms with Crippen molar-refractivity contribution < 1.29 is 19.8 Å². The number of aliphatic hydroxyl groups is 1. The maximum atomic E-state index is 12.1. The van der Waals surface area contributed by atoms with Crippen LogP contribution in [0.4, 0.5) is 0 Å². The summed E-state index contributed by atoms with van der Waals surface area (Å²) in [6.45, 7) is 2.03. The highest BCUT2D eigenvalue weighted by Gasteiger charge is 2.43. The minimum absolute atomic E-state index is 0.0302. The van der Waals surface area contributed by atoms with Gasteiger partial charge >= 0.3 is 5.97 Å². The van der Waals surface area contributed by atoms with Crippen molar-refractivity contribution in [3.63, 3.8) is 0 Å². The summed E-state index contributed by atoms with van der Waals surface area (Å²) in [5, 5.41) is 21.2. The molecule has 3 atom stereocenters. The van der Waals surface area contributed by atoms with Crippen LogP contribution in [-0.4, -0.2) is 34.2 Å². The molecule has 2 saturated carbocycles. The second-order valence-corrected chi connectivity index (χ2v) is 5.63. The van der Waals surface area contributed by atoms with Crippen molar-refractivity contribution >= 4 is 11.9 Å². The maximum Gasteiger partial charge on any atom is 0.307 e. The molecule has 18 heavy (non-hydrogen) atoms. The fourth-order valence-corrected chi connectivity index (χ4v) is 3.05. The first kappa shape index (κ1) is 13.3. The molecule has 0 aromatic carbocycles. The summed E-state index contributed by atoms with van der Waals surface area (Å²) >= 11 is 0. The van der Waals surface area contributed by atoms with Crippen LogP contribution in [0.1, 0.15) is 39.0 Å². The molecule has 5 heteroatoms. The Morgan fingerprint density at radius 2 is 1.78 bits per heavy atom. The van der Waals surface area contributed by atoms with Crippen LogP contribution in [0.3, 0.4) is 0 Å². The molecule has 0 spiro atoms. The molecule has 2 fully saturated rings. The third-order valence-electron chi connectivity index (χ3n) is 4.35. The van der Waals surface area contributed by atoms with Crippen LogP contribution in [-0.2, 0) is 9.59 Å². The first-order valence-electron chi connectivity index (χ1n) is 6.72. The van der Waals surface area contributed by atoms with Gasteiger partial charge in [-0.15, -0.1) is 0 Å². The Kier molecular flexibility index (Phi) is 3.90. The molecule has 5 nitrogen and oxygen atoms in total. The van der Waals surface area contributed by atoms with Gasteiger partial charge in [-0.2, -0.15) is 0 Å². The van der Waals surface area contributed by atoms with Crippen LogP contribution < -0.4 is 5.32 Å². The van der Waals surface area contributed by atoms with Crippen LogP contribution in [0.15, 0.2) is 0 Å². The topological polar surface area (TPSA) is 86.6 Å². The molecule has 2 aliphatic rings. The predicted molar refractivity (Wildman–Crippen MR) is 64.8 cm³/mol. The summed E-state index contributed by atoms with van der Waals surface area (Å²) in [7, 11) is 0. The first-order valence-corrected chi connectivity index (χ1v) is 6.72. The number of carboxylic acid groups (broad SMARTS) is 1. The Morgan fingerprint density at radius 3 is 2.28 bits per heavy atom. The van der Waals surface area contributed by atoms with Crippen molar-refractivity contribution in [1.82, 2.24) is 5.32 Å². The van der Waals surface area contributed by atoms with Crippen LogP contribution in [0.25, 0.3) is 0 Å². The smallest absolute Gasteiger partial charge is 0.307 e. The minimum Gasteiger partial charge on any atom is -0.481 e. The number of rotatable bonds is 4. The maximum absolute atomic E-state index is 12.1. The normalized spacial score (nSPS) is 39.1. The molecule has 1 amide bonds. The first-order chi connectivity index (χ1) is 8.51. The van der Waals surface area contributed by atoms with Gasteiger partial charge in [0.15, 0.2) is 0 Å². The van der Waals surface area contributed by atoms with E-state index in [0.29, 0.717) is 31.6 Å². The molecule has 0 saturated heterocycles. The standard InChI is InChI=1S/C13H21NO4/c1-2-7-3-10(11(4-7)13(17)18)12(16)14-8-5-9(15)6-8/h7-11,15H,2-6H2,1H3,(H,14,16)(H,17,18)/t7?,8?,9?,10-,11+/m0/s1. The van der Waals surface area contributed by atoms with Crippen molar-refractivity contribution in [2.24, 2.45) is 17.8 Å². The number of carbonyl (C=O) groups is 2.